The van der Waals surface area contributed by atoms with Crippen molar-refractivity contribution in [2.75, 3.05) is 0 Å². The van der Waals surface area contributed by atoms with E-state index in [2.05, 4.69) is 68.1 Å². The molecule has 0 aromatic heterocycles. The number of hydrogen-bond acceptors (Lipinski definition) is 1. The highest BCUT2D eigenvalue weighted by Crippen LogP contribution is 2.38. The van der Waals surface area contributed by atoms with Gasteiger partial charge in [0.1, 0.15) is 0 Å². The molecule has 1 saturated carbocycles. The molecule has 0 bridgehead atoms. The van der Waals surface area contributed by atoms with E-state index in [-0.39, 0.29) is 11.9 Å². The Labute approximate surface area is 180 Å². The molecule has 1 aliphatic rings. The van der Waals surface area contributed by atoms with E-state index in [0.717, 1.165) is 22.8 Å². The quantitative estimate of drug-likeness (QED) is 0.455. The van der Waals surface area contributed by atoms with E-state index in [0.29, 0.717) is 24.3 Å². The van der Waals surface area contributed by atoms with E-state index in [1.165, 1.54) is 18.4 Å². The van der Waals surface area contributed by atoms with Crippen molar-refractivity contribution in [2.24, 2.45) is 17.8 Å². The van der Waals surface area contributed by atoms with Gasteiger partial charge >= 0.3 is 0 Å². The van der Waals surface area contributed by atoms with Gasteiger partial charge in [0, 0.05) is 18.2 Å². The Balaban J connectivity index is 1.77. The standard InChI is InChI=1S/C28H33NO/c1-20(2)24-17-16-21(3)18-27(24)29(19-22-10-5-4-6-11-22)28(30)26-15-9-13-23-12-7-8-14-25(23)26/h4-15,20-21,24,27H,16-19H2,1-3H3/t21-,24+,27+/m1/s1. The second-order valence-electron chi connectivity index (χ2n) is 9.34. The number of hydrogen-bond donors (Lipinski definition) is 0. The third-order valence-electron chi connectivity index (χ3n) is 6.86. The number of benzene rings is 3. The first kappa shape index (κ1) is 20.7. The second kappa shape index (κ2) is 9.04. The number of nitrogens with zero attached hydrogens (tertiary/aromatic N) is 1. The Kier molecular flexibility index (Phi) is 6.22. The molecule has 0 radical (unpaired) electrons. The van der Waals surface area contributed by atoms with Crippen molar-refractivity contribution in [3.05, 3.63) is 83.9 Å². The summed E-state index contributed by atoms with van der Waals surface area (Å²) in [6.07, 6.45) is 3.56. The van der Waals surface area contributed by atoms with Gasteiger partial charge < -0.3 is 4.90 Å². The zero-order valence-corrected chi connectivity index (χ0v) is 18.4. The number of fused-ring (bicyclic) bond motifs is 1. The summed E-state index contributed by atoms with van der Waals surface area (Å²) in [5.41, 5.74) is 2.02. The van der Waals surface area contributed by atoms with Gasteiger partial charge in [-0.2, -0.15) is 0 Å². The molecule has 0 N–H and O–H groups in total. The van der Waals surface area contributed by atoms with Crippen molar-refractivity contribution < 1.29 is 4.79 Å². The largest absolute Gasteiger partial charge is 0.331 e. The minimum atomic E-state index is 0.167. The normalized spacial score (nSPS) is 21.7. The van der Waals surface area contributed by atoms with E-state index in [9.17, 15) is 4.79 Å². The van der Waals surface area contributed by atoms with Crippen molar-refractivity contribution in [2.45, 2.75) is 52.6 Å². The maximum Gasteiger partial charge on any atom is 0.255 e. The number of carbonyl (C=O) groups excluding carboxylic acids is 1. The van der Waals surface area contributed by atoms with Gasteiger partial charge in [0.25, 0.3) is 5.91 Å². The fraction of sp³-hybridized carbons (Fsp3) is 0.393. The summed E-state index contributed by atoms with van der Waals surface area (Å²) in [5, 5.41) is 2.17. The predicted octanol–water partition coefficient (Wildman–Crippen LogP) is 6.94. The molecule has 2 nitrogen and oxygen atoms in total. The molecule has 3 aromatic carbocycles. The third kappa shape index (κ3) is 4.28. The molecule has 4 rings (SSSR count). The van der Waals surface area contributed by atoms with Gasteiger partial charge in [0.15, 0.2) is 0 Å². The van der Waals surface area contributed by atoms with Gasteiger partial charge in [0.2, 0.25) is 0 Å². The first-order valence-electron chi connectivity index (χ1n) is 11.4. The van der Waals surface area contributed by atoms with Gasteiger partial charge in [-0.1, -0.05) is 93.9 Å². The maximum absolute atomic E-state index is 14.1. The first-order chi connectivity index (χ1) is 14.5. The van der Waals surface area contributed by atoms with Crippen LogP contribution in [-0.2, 0) is 6.54 Å². The molecule has 0 heterocycles. The minimum Gasteiger partial charge on any atom is -0.331 e. The Bertz CT molecular complexity index is 988. The summed E-state index contributed by atoms with van der Waals surface area (Å²) < 4.78 is 0. The Morgan fingerprint density at radius 3 is 2.40 bits per heavy atom. The van der Waals surface area contributed by atoms with Crippen LogP contribution in [0, 0.1) is 17.8 Å². The summed E-state index contributed by atoms with van der Waals surface area (Å²) in [4.78, 5) is 16.3. The van der Waals surface area contributed by atoms with Crippen LogP contribution in [0.1, 0.15) is 56.0 Å². The van der Waals surface area contributed by atoms with Crippen LogP contribution in [0.3, 0.4) is 0 Å². The van der Waals surface area contributed by atoms with E-state index in [1.54, 1.807) is 0 Å². The summed E-state index contributed by atoms with van der Waals surface area (Å²) in [6, 6.07) is 25.1. The predicted molar refractivity (Wildman–Crippen MR) is 125 cm³/mol. The maximum atomic E-state index is 14.1. The molecule has 30 heavy (non-hydrogen) atoms. The van der Waals surface area contributed by atoms with Gasteiger partial charge in [-0.25, -0.2) is 0 Å². The molecule has 3 aromatic rings. The molecule has 2 heteroatoms. The van der Waals surface area contributed by atoms with E-state index >= 15 is 0 Å². The monoisotopic (exact) mass is 399 g/mol. The zero-order valence-electron chi connectivity index (χ0n) is 18.4. The molecule has 1 fully saturated rings. The van der Waals surface area contributed by atoms with Crippen molar-refractivity contribution in [3.8, 4) is 0 Å². The van der Waals surface area contributed by atoms with Crippen molar-refractivity contribution >= 4 is 16.7 Å². The SMILES string of the molecule is CC(C)[C@@H]1CC[C@@H](C)C[C@@H]1N(Cc1ccccc1)C(=O)c1cccc2ccccc12. The van der Waals surface area contributed by atoms with E-state index < -0.39 is 0 Å². The van der Waals surface area contributed by atoms with Crippen LogP contribution in [0.15, 0.2) is 72.8 Å². The van der Waals surface area contributed by atoms with E-state index in [1.807, 2.05) is 30.3 Å². The van der Waals surface area contributed by atoms with Crippen molar-refractivity contribution in [1.82, 2.24) is 4.90 Å². The van der Waals surface area contributed by atoms with Gasteiger partial charge in [-0.15, -0.1) is 0 Å². The lowest BCUT2D eigenvalue weighted by molar-refractivity contribution is 0.0368. The van der Waals surface area contributed by atoms with Crippen LogP contribution in [0.25, 0.3) is 10.8 Å². The minimum absolute atomic E-state index is 0.167. The van der Waals surface area contributed by atoms with Gasteiger partial charge in [-0.05, 0) is 53.0 Å². The van der Waals surface area contributed by atoms with Crippen LogP contribution in [-0.4, -0.2) is 16.8 Å². The van der Waals surface area contributed by atoms with Gasteiger partial charge in [-0.3, -0.25) is 4.79 Å². The van der Waals surface area contributed by atoms with Crippen LogP contribution in [0.5, 0.6) is 0 Å². The molecule has 3 atom stereocenters. The molecular weight excluding hydrogens is 366 g/mol. The Morgan fingerprint density at radius 2 is 1.63 bits per heavy atom. The van der Waals surface area contributed by atoms with Crippen molar-refractivity contribution in [3.63, 3.8) is 0 Å². The fourth-order valence-electron chi connectivity index (χ4n) is 5.20. The zero-order chi connectivity index (χ0) is 21.1. The van der Waals surface area contributed by atoms with Gasteiger partial charge in [0.05, 0.1) is 0 Å². The first-order valence-corrected chi connectivity index (χ1v) is 11.4. The second-order valence-corrected chi connectivity index (χ2v) is 9.34. The molecule has 0 saturated heterocycles. The van der Waals surface area contributed by atoms with Crippen LogP contribution >= 0.6 is 0 Å². The summed E-state index contributed by atoms with van der Waals surface area (Å²) >= 11 is 0. The molecule has 0 spiro atoms. The summed E-state index contributed by atoms with van der Waals surface area (Å²) in [6.45, 7) is 7.64. The highest BCUT2D eigenvalue weighted by Gasteiger charge is 2.37. The number of rotatable bonds is 5. The van der Waals surface area contributed by atoms with E-state index in [4.69, 9.17) is 0 Å². The lowest BCUT2D eigenvalue weighted by Crippen LogP contribution is -2.48. The van der Waals surface area contributed by atoms with Crippen molar-refractivity contribution in [1.29, 1.82) is 0 Å². The average molecular weight is 400 g/mol. The number of carbonyl (C=O) groups is 1. The molecule has 0 unspecified atom stereocenters. The topological polar surface area (TPSA) is 20.3 Å². The Hall–Kier alpha value is -2.61. The molecule has 0 aliphatic heterocycles. The fourth-order valence-corrected chi connectivity index (χ4v) is 5.20. The Morgan fingerprint density at radius 1 is 0.933 bits per heavy atom. The van der Waals surface area contributed by atoms with Crippen LogP contribution < -0.4 is 0 Å². The summed E-state index contributed by atoms with van der Waals surface area (Å²) in [7, 11) is 0. The molecule has 1 aliphatic carbocycles. The highest BCUT2D eigenvalue weighted by atomic mass is 16.2. The average Bonchev–Trinajstić information content (AvgIpc) is 2.77. The smallest absolute Gasteiger partial charge is 0.255 e. The molecular formula is C28H33NO. The molecule has 1 amide bonds. The summed E-state index contributed by atoms with van der Waals surface area (Å²) in [5.74, 6) is 1.94. The number of amides is 1. The highest BCUT2D eigenvalue weighted by molar-refractivity contribution is 6.07. The van der Waals surface area contributed by atoms with Crippen LogP contribution in [0.4, 0.5) is 0 Å². The molecule has 156 valence electrons. The lowest BCUT2D eigenvalue weighted by atomic mass is 9.73. The third-order valence-corrected chi connectivity index (χ3v) is 6.86. The lowest BCUT2D eigenvalue weighted by Gasteiger charge is -2.44. The van der Waals surface area contributed by atoms with Crippen LogP contribution in [0.2, 0.25) is 0 Å².